The molecule has 0 bridgehead atoms. The summed E-state index contributed by atoms with van der Waals surface area (Å²) in [5.41, 5.74) is 16.1. The SMILES string of the molecule is CC(C)c1cc(-c2ccc(-c3ccccc3)cc2)cc(C(C)C)c1-n1c(-c2[c-]ccc3c2oc2ccccc23)nc2ccccc21.[2H]C([2H])([2H])c1c[c-]c(-c2ccc(C([2H])([2H])C(C)(C)C)cn2)cc1-c1ccccc1.[Ir]. The number of pyridine rings is 1. The Morgan fingerprint density at radius 1 is 0.648 bits per heavy atom. The summed E-state index contributed by atoms with van der Waals surface area (Å²) in [4.78, 5) is 9.71. The van der Waals surface area contributed by atoms with Gasteiger partial charge in [-0.15, -0.1) is 47.5 Å². The molecule has 355 valence electrons. The summed E-state index contributed by atoms with van der Waals surface area (Å²) in [6, 6.07) is 67.8. The van der Waals surface area contributed by atoms with Crippen LogP contribution < -0.4 is 0 Å². The topological polar surface area (TPSA) is 43.9 Å². The molecule has 0 fully saturated rings. The zero-order valence-electron chi connectivity index (χ0n) is 46.1. The van der Waals surface area contributed by atoms with Gasteiger partial charge < -0.3 is 14.0 Å². The van der Waals surface area contributed by atoms with Gasteiger partial charge in [0, 0.05) is 44.2 Å². The Balaban J connectivity index is 0.000000204. The number of aryl methyl sites for hydroxylation is 1. The molecule has 11 rings (SSSR count). The molecule has 71 heavy (non-hydrogen) atoms. The third kappa shape index (κ3) is 10.2. The van der Waals surface area contributed by atoms with E-state index in [-0.39, 0.29) is 37.5 Å². The molecule has 3 aromatic heterocycles. The van der Waals surface area contributed by atoms with Crippen molar-refractivity contribution in [3.05, 3.63) is 223 Å². The molecule has 1 radical (unpaired) electrons. The van der Waals surface area contributed by atoms with Crippen molar-refractivity contribution < 1.29 is 31.4 Å². The van der Waals surface area contributed by atoms with Gasteiger partial charge in [-0.05, 0) is 104 Å². The molecule has 8 aromatic carbocycles. The number of hydrogen-bond donors (Lipinski definition) is 0. The Bertz CT molecular complexity index is 3790. The molecule has 5 heteroatoms. The van der Waals surface area contributed by atoms with Crippen LogP contribution in [0.1, 0.15) is 89.4 Å². The Labute approximate surface area is 439 Å². The van der Waals surface area contributed by atoms with Gasteiger partial charge in [-0.3, -0.25) is 4.98 Å². The number of nitrogens with zero attached hydrogens (tertiary/aromatic N) is 3. The standard InChI is InChI=1S/C43H35N2O.C23H24N.Ir/c1-27(2)36-25-32(31-23-21-30(22-24-31)29-13-6-5-7-14-29)26-37(28(3)4)41(36)45-39-19-10-9-18-38(39)44-43(45)35-17-12-16-34-33-15-8-11-20-40(33)46-42(34)35;1-17-10-12-20(14-21(17)19-8-6-5-7-9-19)22-13-11-18(16-24-22)15-23(2,3)4;/h5-16,18-28H,1-4H3;5-11,13-14,16H,15H2,1-4H3;/q2*-1;/i;1D3,15D2;. The first kappa shape index (κ1) is 42.7. The smallest absolute Gasteiger partial charge is 0.120 e. The molecule has 0 amide bonds. The van der Waals surface area contributed by atoms with Gasteiger partial charge in [0.05, 0.1) is 22.4 Å². The number of benzene rings is 8. The molecule has 0 N–H and O–H groups in total. The van der Waals surface area contributed by atoms with Gasteiger partial charge >= 0.3 is 0 Å². The van der Waals surface area contributed by atoms with Gasteiger partial charge in [0.15, 0.2) is 0 Å². The summed E-state index contributed by atoms with van der Waals surface area (Å²) in [7, 11) is 0. The Morgan fingerprint density at radius 2 is 1.27 bits per heavy atom. The minimum absolute atomic E-state index is 0. The monoisotopic (exact) mass is 1110 g/mol. The summed E-state index contributed by atoms with van der Waals surface area (Å²) >= 11 is 0. The Morgan fingerprint density at radius 3 is 1.92 bits per heavy atom. The zero-order valence-corrected chi connectivity index (χ0v) is 43.5. The van der Waals surface area contributed by atoms with Gasteiger partial charge in [-0.25, -0.2) is 0 Å². The second kappa shape index (κ2) is 20.7. The summed E-state index contributed by atoms with van der Waals surface area (Å²) < 4.78 is 49.2. The summed E-state index contributed by atoms with van der Waals surface area (Å²) in [5, 5.41) is 2.18. The molecule has 0 saturated carbocycles. The Kier molecular flexibility index (Phi) is 12.4. The van der Waals surface area contributed by atoms with E-state index in [0.29, 0.717) is 22.4 Å². The van der Waals surface area contributed by atoms with Crippen LogP contribution in [0.4, 0.5) is 0 Å². The zero-order chi connectivity index (χ0) is 52.8. The number of imidazole rings is 1. The summed E-state index contributed by atoms with van der Waals surface area (Å²) in [6.07, 6.45) is 0.0246. The van der Waals surface area contributed by atoms with Crippen LogP contribution in [-0.4, -0.2) is 14.5 Å². The molecule has 0 atom stereocenters. The summed E-state index contributed by atoms with van der Waals surface area (Å²) in [6.45, 7) is 12.5. The number of fused-ring (bicyclic) bond motifs is 4. The van der Waals surface area contributed by atoms with E-state index < -0.39 is 18.6 Å². The minimum Gasteiger partial charge on any atom is -0.501 e. The first-order valence-electron chi connectivity index (χ1n) is 26.6. The largest absolute Gasteiger partial charge is 0.501 e. The van der Waals surface area contributed by atoms with Crippen molar-refractivity contribution in [2.75, 3.05) is 0 Å². The Hall–Kier alpha value is -7.17. The third-order valence-corrected chi connectivity index (χ3v) is 12.7. The van der Waals surface area contributed by atoms with Crippen molar-refractivity contribution in [3.63, 3.8) is 0 Å². The van der Waals surface area contributed by atoms with Crippen molar-refractivity contribution >= 4 is 33.0 Å². The van der Waals surface area contributed by atoms with E-state index in [1.165, 1.54) is 45.1 Å². The van der Waals surface area contributed by atoms with E-state index in [0.717, 1.165) is 49.9 Å². The fourth-order valence-electron chi connectivity index (χ4n) is 9.30. The summed E-state index contributed by atoms with van der Waals surface area (Å²) in [5.74, 6) is 1.39. The molecule has 0 spiro atoms. The first-order chi connectivity index (χ1) is 35.9. The van der Waals surface area contributed by atoms with Crippen LogP contribution in [0.15, 0.2) is 193 Å². The van der Waals surface area contributed by atoms with Crippen molar-refractivity contribution in [1.82, 2.24) is 14.5 Å². The number of para-hydroxylation sites is 3. The molecule has 0 aliphatic carbocycles. The average Bonchev–Trinajstić information content (AvgIpc) is 3.99. The van der Waals surface area contributed by atoms with Crippen molar-refractivity contribution in [1.29, 1.82) is 0 Å². The quantitative estimate of drug-likeness (QED) is 0.135. The van der Waals surface area contributed by atoms with E-state index in [9.17, 15) is 0 Å². The van der Waals surface area contributed by atoms with Crippen LogP contribution in [0.2, 0.25) is 0 Å². The van der Waals surface area contributed by atoms with Crippen molar-refractivity contribution in [2.45, 2.75) is 73.5 Å². The van der Waals surface area contributed by atoms with E-state index >= 15 is 0 Å². The van der Waals surface area contributed by atoms with Crippen LogP contribution in [-0.2, 0) is 26.5 Å². The number of rotatable bonds is 9. The predicted molar refractivity (Wildman–Crippen MR) is 294 cm³/mol. The van der Waals surface area contributed by atoms with Gasteiger partial charge in [-0.2, -0.15) is 0 Å². The molecular weight excluding hydrogens is 1040 g/mol. The second-order valence-corrected chi connectivity index (χ2v) is 19.6. The van der Waals surface area contributed by atoms with E-state index in [4.69, 9.17) is 16.3 Å². The van der Waals surface area contributed by atoms with Crippen LogP contribution in [0.5, 0.6) is 0 Å². The third-order valence-electron chi connectivity index (χ3n) is 12.7. The van der Waals surface area contributed by atoms with Gasteiger partial charge in [0.2, 0.25) is 0 Å². The maximum Gasteiger partial charge on any atom is 0.120 e. The normalized spacial score (nSPS) is 13.0. The van der Waals surface area contributed by atoms with Crippen LogP contribution in [0, 0.1) is 24.4 Å². The van der Waals surface area contributed by atoms with Crippen molar-refractivity contribution in [3.8, 4) is 61.7 Å². The molecule has 4 nitrogen and oxygen atoms in total. The molecule has 0 unspecified atom stereocenters. The van der Waals surface area contributed by atoms with Crippen molar-refractivity contribution in [2.24, 2.45) is 5.41 Å². The molecule has 0 aliphatic rings. The number of aromatic nitrogens is 3. The average molecular weight is 1110 g/mol. The molecular formula is C66H59IrN3O-2. The van der Waals surface area contributed by atoms with E-state index in [1.807, 2.05) is 69.3 Å². The van der Waals surface area contributed by atoms with Gasteiger partial charge in [0.1, 0.15) is 5.58 Å². The fourth-order valence-corrected chi connectivity index (χ4v) is 9.30. The van der Waals surface area contributed by atoms with Gasteiger partial charge in [0.25, 0.3) is 0 Å². The number of hydrogen-bond acceptors (Lipinski definition) is 3. The predicted octanol–water partition coefficient (Wildman–Crippen LogP) is 18.1. The first-order valence-corrected chi connectivity index (χ1v) is 24.1. The van der Waals surface area contributed by atoms with E-state index in [2.05, 4.69) is 159 Å². The van der Waals surface area contributed by atoms with Crippen LogP contribution in [0.25, 0.3) is 94.7 Å². The minimum atomic E-state index is -2.25. The maximum atomic E-state index is 8.39. The van der Waals surface area contributed by atoms with Crippen LogP contribution in [0.3, 0.4) is 0 Å². The molecule has 3 heterocycles. The number of furan rings is 1. The molecule has 11 aromatic rings. The fraction of sp³-hybridized carbons (Fsp3) is 0.182. The van der Waals surface area contributed by atoms with Crippen LogP contribution >= 0.6 is 0 Å². The molecule has 0 aliphatic heterocycles. The van der Waals surface area contributed by atoms with E-state index in [1.54, 1.807) is 24.4 Å². The maximum absolute atomic E-state index is 8.39. The second-order valence-electron chi connectivity index (χ2n) is 19.6. The molecule has 0 saturated heterocycles. The van der Waals surface area contributed by atoms with Gasteiger partial charge in [-0.1, -0.05) is 199 Å².